The Morgan fingerprint density at radius 2 is 1.81 bits per heavy atom. The predicted molar refractivity (Wildman–Crippen MR) is 81.4 cm³/mol. The van der Waals surface area contributed by atoms with E-state index >= 15 is 0 Å². The maximum Gasteiger partial charge on any atom is 0.152 e. The van der Waals surface area contributed by atoms with Crippen LogP contribution in [0.3, 0.4) is 0 Å². The Hall–Kier alpha value is -3.06. The minimum Gasteiger partial charge on any atom is -0.510 e. The standard InChI is InChI=1S/C17H13N3O/c18-11-13(16(21)10-12-6-2-1-3-7-12)17-19-14-8-4-5-9-15(14)20-17/h1-9,21H,10H2,(H,19,20)/b16-13-. The van der Waals surface area contributed by atoms with Gasteiger partial charge in [0.05, 0.1) is 11.0 Å². The maximum absolute atomic E-state index is 10.2. The second kappa shape index (κ2) is 5.51. The highest BCUT2D eigenvalue weighted by Gasteiger charge is 2.13. The first kappa shape index (κ1) is 12.9. The molecule has 0 fully saturated rings. The number of aromatic nitrogens is 2. The quantitative estimate of drug-likeness (QED) is 0.566. The van der Waals surface area contributed by atoms with Crippen LogP contribution >= 0.6 is 0 Å². The maximum atomic E-state index is 10.2. The van der Waals surface area contributed by atoms with Crippen molar-refractivity contribution >= 4 is 16.6 Å². The van der Waals surface area contributed by atoms with E-state index in [4.69, 9.17) is 0 Å². The van der Waals surface area contributed by atoms with E-state index in [-0.39, 0.29) is 11.3 Å². The van der Waals surface area contributed by atoms with Gasteiger partial charge in [-0.1, -0.05) is 42.5 Å². The van der Waals surface area contributed by atoms with Crippen molar-refractivity contribution in [1.29, 1.82) is 5.26 Å². The molecule has 4 nitrogen and oxygen atoms in total. The summed E-state index contributed by atoms with van der Waals surface area (Å²) in [4.78, 5) is 7.41. The zero-order valence-electron chi connectivity index (χ0n) is 11.2. The Morgan fingerprint density at radius 3 is 2.52 bits per heavy atom. The number of nitriles is 1. The van der Waals surface area contributed by atoms with Crippen LogP contribution in [0, 0.1) is 11.3 Å². The number of aliphatic hydroxyl groups excluding tert-OH is 1. The van der Waals surface area contributed by atoms with E-state index < -0.39 is 0 Å². The molecule has 0 atom stereocenters. The van der Waals surface area contributed by atoms with Gasteiger partial charge in [0.1, 0.15) is 17.4 Å². The van der Waals surface area contributed by atoms with Gasteiger partial charge in [-0.15, -0.1) is 0 Å². The number of allylic oxidation sites excluding steroid dienone is 2. The average Bonchev–Trinajstić information content (AvgIpc) is 2.92. The van der Waals surface area contributed by atoms with Gasteiger partial charge in [0, 0.05) is 6.42 Å². The topological polar surface area (TPSA) is 72.7 Å². The van der Waals surface area contributed by atoms with Gasteiger partial charge in [0.2, 0.25) is 0 Å². The Kier molecular flexibility index (Phi) is 3.40. The summed E-state index contributed by atoms with van der Waals surface area (Å²) in [6.45, 7) is 0. The Balaban J connectivity index is 2.00. The fraction of sp³-hybridized carbons (Fsp3) is 0.0588. The molecule has 0 radical (unpaired) electrons. The molecule has 0 aliphatic heterocycles. The molecule has 21 heavy (non-hydrogen) atoms. The number of benzene rings is 2. The molecule has 0 aliphatic carbocycles. The molecule has 0 saturated heterocycles. The molecule has 2 N–H and O–H groups in total. The number of H-pyrrole nitrogens is 1. The van der Waals surface area contributed by atoms with Gasteiger partial charge in [-0.3, -0.25) is 0 Å². The minimum atomic E-state index is 0.0164. The molecule has 102 valence electrons. The molecule has 1 heterocycles. The monoisotopic (exact) mass is 275 g/mol. The Morgan fingerprint density at radius 1 is 1.10 bits per heavy atom. The zero-order valence-corrected chi connectivity index (χ0v) is 11.2. The molecule has 0 bridgehead atoms. The number of hydrogen-bond donors (Lipinski definition) is 2. The molecule has 0 unspecified atom stereocenters. The van der Waals surface area contributed by atoms with Gasteiger partial charge in [-0.2, -0.15) is 5.26 Å². The normalized spacial score (nSPS) is 12.0. The smallest absolute Gasteiger partial charge is 0.152 e. The molecule has 4 heteroatoms. The van der Waals surface area contributed by atoms with Crippen LogP contribution in [-0.4, -0.2) is 15.1 Å². The lowest BCUT2D eigenvalue weighted by Gasteiger charge is -2.02. The van der Waals surface area contributed by atoms with E-state index in [9.17, 15) is 10.4 Å². The van der Waals surface area contributed by atoms with Crippen LogP contribution in [0.4, 0.5) is 0 Å². The van der Waals surface area contributed by atoms with Crippen LogP contribution in [0.25, 0.3) is 16.6 Å². The molecule has 0 saturated carbocycles. The third kappa shape index (κ3) is 2.63. The van der Waals surface area contributed by atoms with Crippen molar-refractivity contribution in [2.75, 3.05) is 0 Å². The summed E-state index contributed by atoms with van der Waals surface area (Å²) in [7, 11) is 0. The van der Waals surface area contributed by atoms with Gasteiger partial charge in [-0.25, -0.2) is 4.98 Å². The number of aromatic amines is 1. The first-order valence-electron chi connectivity index (χ1n) is 6.59. The highest BCUT2D eigenvalue weighted by Crippen LogP contribution is 2.20. The summed E-state index contributed by atoms with van der Waals surface area (Å²) in [6.07, 6.45) is 0.306. The highest BCUT2D eigenvalue weighted by molar-refractivity contribution is 5.82. The largest absolute Gasteiger partial charge is 0.510 e. The third-order valence-corrected chi connectivity index (χ3v) is 3.24. The molecule has 3 aromatic rings. The van der Waals surface area contributed by atoms with E-state index in [0.29, 0.717) is 12.2 Å². The summed E-state index contributed by atoms with van der Waals surface area (Å²) in [5.74, 6) is 0.412. The SMILES string of the molecule is N#C/C(=C(/O)Cc1ccccc1)c1nc2ccccc2[nH]1. The lowest BCUT2D eigenvalue weighted by Crippen LogP contribution is -1.96. The Bertz CT molecular complexity index is 808. The average molecular weight is 275 g/mol. The number of nitrogens with one attached hydrogen (secondary N) is 1. The van der Waals surface area contributed by atoms with Crippen LogP contribution in [0.15, 0.2) is 60.4 Å². The highest BCUT2D eigenvalue weighted by atomic mass is 16.3. The third-order valence-electron chi connectivity index (χ3n) is 3.24. The molecular weight excluding hydrogens is 262 g/mol. The van der Waals surface area contributed by atoms with Crippen molar-refractivity contribution in [3.05, 3.63) is 71.7 Å². The van der Waals surface area contributed by atoms with Crippen LogP contribution < -0.4 is 0 Å². The molecule has 0 amide bonds. The van der Waals surface area contributed by atoms with E-state index in [1.807, 2.05) is 60.7 Å². The number of hydrogen-bond acceptors (Lipinski definition) is 3. The fourth-order valence-corrected chi connectivity index (χ4v) is 2.20. The summed E-state index contributed by atoms with van der Waals surface area (Å²) < 4.78 is 0. The van der Waals surface area contributed by atoms with E-state index in [2.05, 4.69) is 9.97 Å². The molecule has 0 spiro atoms. The van der Waals surface area contributed by atoms with Crippen molar-refractivity contribution < 1.29 is 5.11 Å². The van der Waals surface area contributed by atoms with Crippen molar-refractivity contribution in [1.82, 2.24) is 9.97 Å². The number of fused-ring (bicyclic) bond motifs is 1. The zero-order chi connectivity index (χ0) is 14.7. The van der Waals surface area contributed by atoms with Gasteiger partial charge in [0.15, 0.2) is 5.82 Å². The second-order valence-corrected chi connectivity index (χ2v) is 4.70. The number of aliphatic hydroxyl groups is 1. The summed E-state index contributed by atoms with van der Waals surface area (Å²) in [5.41, 5.74) is 2.73. The molecular formula is C17H13N3O. The van der Waals surface area contributed by atoms with E-state index in [1.54, 1.807) is 0 Å². The number of para-hydroxylation sites is 2. The number of imidazole rings is 1. The second-order valence-electron chi connectivity index (χ2n) is 4.70. The van der Waals surface area contributed by atoms with Crippen molar-refractivity contribution in [3.8, 4) is 6.07 Å². The van der Waals surface area contributed by atoms with Crippen LogP contribution in [0.1, 0.15) is 11.4 Å². The lowest BCUT2D eigenvalue weighted by atomic mass is 10.1. The van der Waals surface area contributed by atoms with Crippen molar-refractivity contribution in [3.63, 3.8) is 0 Å². The fourth-order valence-electron chi connectivity index (χ4n) is 2.20. The van der Waals surface area contributed by atoms with Crippen molar-refractivity contribution in [2.24, 2.45) is 0 Å². The van der Waals surface area contributed by atoms with Gasteiger partial charge >= 0.3 is 0 Å². The number of rotatable bonds is 3. The summed E-state index contributed by atoms with van der Waals surface area (Å²) >= 11 is 0. The van der Waals surface area contributed by atoms with Gasteiger partial charge < -0.3 is 10.1 Å². The van der Waals surface area contributed by atoms with Crippen LogP contribution in [0.5, 0.6) is 0 Å². The Labute approximate surface area is 122 Å². The molecule has 1 aromatic heterocycles. The van der Waals surface area contributed by atoms with Crippen molar-refractivity contribution in [2.45, 2.75) is 6.42 Å². The summed E-state index contributed by atoms with van der Waals surface area (Å²) in [5, 5.41) is 19.6. The minimum absolute atomic E-state index is 0.0164. The summed E-state index contributed by atoms with van der Waals surface area (Å²) in [6, 6.07) is 19.1. The molecule has 3 rings (SSSR count). The van der Waals surface area contributed by atoms with E-state index in [1.165, 1.54) is 0 Å². The molecule has 2 aromatic carbocycles. The van der Waals surface area contributed by atoms with Crippen LogP contribution in [-0.2, 0) is 6.42 Å². The van der Waals surface area contributed by atoms with E-state index in [0.717, 1.165) is 16.6 Å². The first-order valence-corrected chi connectivity index (χ1v) is 6.59. The predicted octanol–water partition coefficient (Wildman–Crippen LogP) is 3.60. The van der Waals surface area contributed by atoms with Gasteiger partial charge in [-0.05, 0) is 17.7 Å². The molecule has 0 aliphatic rings. The van der Waals surface area contributed by atoms with Crippen LogP contribution in [0.2, 0.25) is 0 Å². The first-order chi connectivity index (χ1) is 10.3. The van der Waals surface area contributed by atoms with Gasteiger partial charge in [0.25, 0.3) is 0 Å². The number of nitrogens with zero attached hydrogens (tertiary/aromatic N) is 2. The lowest BCUT2D eigenvalue weighted by molar-refractivity contribution is 0.402.